The van der Waals surface area contributed by atoms with Crippen LogP contribution >= 0.6 is 0 Å². The van der Waals surface area contributed by atoms with Crippen molar-refractivity contribution in [1.82, 2.24) is 20.0 Å². The van der Waals surface area contributed by atoms with Gasteiger partial charge in [-0.2, -0.15) is 0 Å². The highest BCUT2D eigenvalue weighted by Gasteiger charge is 2.27. The summed E-state index contributed by atoms with van der Waals surface area (Å²) in [6.07, 6.45) is 41.5. The quantitative estimate of drug-likeness (QED) is 0.0364. The standard InChI is InChI=1S/C20H36N4O2.C11H18N2O.C10H18.C2H6.C2H2/c1-4-20(25)24(12-13-26-21)19-9-8-17(14-16(19)2)6-5-7-18-15-22-10-11-23(18)3;1-3-4-5-6-7-9-13(2)11-12-8-10-14;1-2-4-9(5-3-1)8-10-6-7-10;2*1-2/h8,14,18-19,22H,4-7,9-13,15,21H2,1-3H3;3-6,10-11H,7-9H2,1-2H3;9-10H,1-8H2;1-2H3;1-2H/b;4-3-,6-5-,12-11?;;;/t18-,19?;;;;/m1..../s1. The Morgan fingerprint density at radius 3 is 2.41 bits per heavy atom. The minimum absolute atomic E-state index is 0.134. The topological polar surface area (TPSA) is 104 Å². The molecule has 2 saturated carbocycles. The number of nitrogens with zero attached hydrogens (tertiary/aromatic N) is 4. The summed E-state index contributed by atoms with van der Waals surface area (Å²) in [4.78, 5) is 37.2. The van der Waals surface area contributed by atoms with E-state index >= 15 is 0 Å². The van der Waals surface area contributed by atoms with E-state index in [1.54, 1.807) is 38.4 Å². The lowest BCUT2D eigenvalue weighted by Crippen LogP contribution is -2.49. The summed E-state index contributed by atoms with van der Waals surface area (Å²) in [5, 5.41) is 3.49. The molecule has 0 bridgehead atoms. The molecule has 308 valence electrons. The SMILES string of the molecule is C#C.C/C=C\C=C/CCN(C)C=NCC=O.C1CCC(CC2CC2)CC1.CC.CCC(=O)N(CCON)C1CC=C(CCC[C@@H]2CNCCN2C)C=C1C. The average Bonchev–Trinajstić information content (AvgIpc) is 4.03. The number of amides is 1. The molecule has 0 aromatic rings. The smallest absolute Gasteiger partial charge is 0.222 e. The van der Waals surface area contributed by atoms with Gasteiger partial charge in [0.05, 0.1) is 25.5 Å². The Morgan fingerprint density at radius 1 is 1.11 bits per heavy atom. The number of hydrogen-bond acceptors (Lipinski definition) is 7. The van der Waals surface area contributed by atoms with Gasteiger partial charge in [-0.25, -0.2) is 5.90 Å². The van der Waals surface area contributed by atoms with Gasteiger partial charge in [0.1, 0.15) is 6.29 Å². The highest BCUT2D eigenvalue weighted by Crippen LogP contribution is 2.39. The van der Waals surface area contributed by atoms with Gasteiger partial charge >= 0.3 is 0 Å². The highest BCUT2D eigenvalue weighted by molar-refractivity contribution is 5.76. The van der Waals surface area contributed by atoms with Crippen molar-refractivity contribution < 1.29 is 14.4 Å². The molecule has 1 amide bonds. The van der Waals surface area contributed by atoms with E-state index in [0.29, 0.717) is 25.6 Å². The maximum absolute atomic E-state index is 12.3. The molecule has 0 spiro atoms. The van der Waals surface area contributed by atoms with Crippen LogP contribution in [-0.2, 0) is 14.4 Å². The molecule has 0 radical (unpaired) electrons. The van der Waals surface area contributed by atoms with E-state index in [1.807, 2.05) is 62.8 Å². The highest BCUT2D eigenvalue weighted by atomic mass is 16.6. The van der Waals surface area contributed by atoms with E-state index in [4.69, 9.17) is 10.7 Å². The summed E-state index contributed by atoms with van der Waals surface area (Å²) >= 11 is 0. The summed E-state index contributed by atoms with van der Waals surface area (Å²) in [5.74, 6) is 7.62. The van der Waals surface area contributed by atoms with Crippen LogP contribution in [0.4, 0.5) is 0 Å². The Hall–Kier alpha value is -3.03. The fourth-order valence-corrected chi connectivity index (χ4v) is 7.08. The van der Waals surface area contributed by atoms with Gasteiger partial charge in [0.15, 0.2) is 0 Å². The van der Waals surface area contributed by atoms with Gasteiger partial charge < -0.3 is 29.6 Å². The maximum Gasteiger partial charge on any atom is 0.222 e. The number of carbonyl (C=O) groups excluding carboxylic acids is 2. The number of nitrogens with one attached hydrogen (secondary N) is 1. The van der Waals surface area contributed by atoms with Gasteiger partial charge in [-0.1, -0.05) is 113 Å². The normalized spacial score (nSPS) is 20.2. The number of aliphatic imine (C=N–C) groups is 1. The van der Waals surface area contributed by atoms with Crippen LogP contribution in [0.2, 0.25) is 0 Å². The van der Waals surface area contributed by atoms with E-state index < -0.39 is 0 Å². The second-order valence-corrected chi connectivity index (χ2v) is 14.5. The number of nitrogens with two attached hydrogens (primary N) is 1. The number of hydrogen-bond donors (Lipinski definition) is 2. The largest absolute Gasteiger partial charge is 0.366 e. The third-order valence-corrected chi connectivity index (χ3v) is 10.3. The molecule has 3 fully saturated rings. The van der Waals surface area contributed by atoms with Crippen molar-refractivity contribution in [2.75, 3.05) is 60.0 Å². The van der Waals surface area contributed by atoms with Crippen LogP contribution in [0.3, 0.4) is 0 Å². The molecule has 0 aromatic carbocycles. The number of rotatable bonds is 18. The summed E-state index contributed by atoms with van der Waals surface area (Å²) in [6.45, 7) is 15.4. The Bertz CT molecular complexity index is 1120. The molecule has 1 aliphatic heterocycles. The molecule has 3 aliphatic carbocycles. The van der Waals surface area contributed by atoms with Crippen LogP contribution in [0.15, 0.2) is 52.6 Å². The molecular weight excluding hydrogens is 673 g/mol. The summed E-state index contributed by atoms with van der Waals surface area (Å²) in [5.41, 5.74) is 2.67. The Morgan fingerprint density at radius 2 is 1.81 bits per heavy atom. The van der Waals surface area contributed by atoms with Crippen LogP contribution in [-0.4, -0.2) is 105 Å². The molecule has 0 aromatic heterocycles. The van der Waals surface area contributed by atoms with Gasteiger partial charge in [0.2, 0.25) is 5.91 Å². The molecule has 2 atom stereocenters. The zero-order valence-corrected chi connectivity index (χ0v) is 35.5. The zero-order valence-electron chi connectivity index (χ0n) is 35.5. The monoisotopic (exact) mass is 753 g/mol. The van der Waals surface area contributed by atoms with Crippen molar-refractivity contribution in [2.24, 2.45) is 22.7 Å². The number of piperazine rings is 1. The van der Waals surface area contributed by atoms with Crippen molar-refractivity contribution in [2.45, 2.75) is 137 Å². The van der Waals surface area contributed by atoms with Crippen molar-refractivity contribution >= 4 is 18.5 Å². The van der Waals surface area contributed by atoms with Gasteiger partial charge in [-0.05, 0) is 71.3 Å². The summed E-state index contributed by atoms with van der Waals surface area (Å²) < 4.78 is 0. The number of carbonyl (C=O) groups is 2. The number of aldehydes is 1. The van der Waals surface area contributed by atoms with E-state index in [2.05, 4.69) is 60.3 Å². The van der Waals surface area contributed by atoms with Gasteiger partial charge in [0, 0.05) is 52.2 Å². The summed E-state index contributed by atoms with van der Waals surface area (Å²) in [6, 6.07) is 0.787. The minimum Gasteiger partial charge on any atom is -0.366 e. The van der Waals surface area contributed by atoms with Crippen molar-refractivity contribution in [3.63, 3.8) is 0 Å². The third kappa shape index (κ3) is 24.4. The Balaban J connectivity index is 0.000000836. The fraction of sp³-hybridized carbons (Fsp3) is 0.711. The first-order valence-electron chi connectivity index (χ1n) is 21.0. The fourth-order valence-electron chi connectivity index (χ4n) is 7.08. The van der Waals surface area contributed by atoms with E-state index in [1.165, 1.54) is 49.2 Å². The first-order chi connectivity index (χ1) is 26.3. The molecular formula is C45H80N6O3. The van der Waals surface area contributed by atoms with Crippen molar-refractivity contribution in [1.29, 1.82) is 0 Å². The zero-order chi connectivity index (χ0) is 40.4. The molecule has 3 N–H and O–H groups in total. The Labute approximate surface area is 331 Å². The average molecular weight is 753 g/mol. The van der Waals surface area contributed by atoms with Crippen LogP contribution in [0.5, 0.6) is 0 Å². The van der Waals surface area contributed by atoms with E-state index in [-0.39, 0.29) is 18.5 Å². The molecule has 4 aliphatic rings. The molecule has 9 nitrogen and oxygen atoms in total. The molecule has 1 unspecified atom stereocenters. The second-order valence-electron chi connectivity index (χ2n) is 14.5. The van der Waals surface area contributed by atoms with Crippen LogP contribution in [0, 0.1) is 24.7 Å². The predicted molar refractivity (Wildman–Crippen MR) is 231 cm³/mol. The molecule has 4 rings (SSSR count). The number of likely N-dealkylation sites (N-methyl/N-ethyl adjacent to an activating group) is 1. The van der Waals surface area contributed by atoms with E-state index in [0.717, 1.165) is 57.6 Å². The van der Waals surface area contributed by atoms with E-state index in [9.17, 15) is 9.59 Å². The van der Waals surface area contributed by atoms with Crippen molar-refractivity contribution in [3.8, 4) is 12.8 Å². The lowest BCUT2D eigenvalue weighted by Gasteiger charge is -2.34. The maximum atomic E-state index is 12.3. The lowest BCUT2D eigenvalue weighted by molar-refractivity contribution is -0.133. The molecule has 1 heterocycles. The number of terminal acetylenes is 1. The minimum atomic E-state index is 0.134. The van der Waals surface area contributed by atoms with Crippen LogP contribution in [0.1, 0.15) is 125 Å². The molecule has 9 heteroatoms. The van der Waals surface area contributed by atoms with Crippen LogP contribution < -0.4 is 11.2 Å². The predicted octanol–water partition coefficient (Wildman–Crippen LogP) is 8.14. The van der Waals surface area contributed by atoms with Gasteiger partial charge in [0.25, 0.3) is 0 Å². The van der Waals surface area contributed by atoms with Gasteiger partial charge in [-0.15, -0.1) is 12.8 Å². The number of allylic oxidation sites excluding steroid dienone is 5. The van der Waals surface area contributed by atoms with Gasteiger partial charge in [-0.3, -0.25) is 9.79 Å². The second kappa shape index (κ2) is 34.5. The molecule has 54 heavy (non-hydrogen) atoms. The van der Waals surface area contributed by atoms with Crippen molar-refractivity contribution in [3.05, 3.63) is 47.6 Å². The first-order valence-corrected chi connectivity index (χ1v) is 21.0. The Kier molecular flexibility index (Phi) is 32.5. The third-order valence-electron chi connectivity index (χ3n) is 10.3. The molecule has 1 saturated heterocycles. The summed E-state index contributed by atoms with van der Waals surface area (Å²) in [7, 11) is 4.17. The lowest BCUT2D eigenvalue weighted by atomic mass is 9.86. The first kappa shape index (κ1) is 51.0. The van der Waals surface area contributed by atoms with Crippen LogP contribution in [0.25, 0.3) is 0 Å².